The highest BCUT2D eigenvalue weighted by Gasteiger charge is 2.11. The van der Waals surface area contributed by atoms with Gasteiger partial charge in [-0.3, -0.25) is 4.72 Å². The van der Waals surface area contributed by atoms with Crippen LogP contribution in [0.5, 0.6) is 5.75 Å². The third-order valence-corrected chi connectivity index (χ3v) is 5.05. The van der Waals surface area contributed by atoms with E-state index < -0.39 is 10.0 Å². The minimum Gasteiger partial charge on any atom is -0.496 e. The molecule has 0 saturated heterocycles. The lowest BCUT2D eigenvalue weighted by molar-refractivity contribution is 0.412. The third kappa shape index (κ3) is 5.58. The number of nitrogens with zero attached hydrogens (tertiary/aromatic N) is 2. The number of para-hydroxylation sites is 2. The van der Waals surface area contributed by atoms with Crippen molar-refractivity contribution < 1.29 is 13.2 Å². The van der Waals surface area contributed by atoms with Gasteiger partial charge in [0, 0.05) is 18.0 Å². The lowest BCUT2D eigenvalue weighted by Gasteiger charge is -2.14. The number of hydrogen-bond donors (Lipinski definition) is 3. The van der Waals surface area contributed by atoms with Crippen LogP contribution in [-0.2, 0) is 10.0 Å². The maximum Gasteiger partial charge on any atom is 0.229 e. The molecule has 0 amide bonds. The molecule has 0 bridgehead atoms. The molecule has 29 heavy (non-hydrogen) atoms. The molecule has 1 heterocycles. The monoisotopic (exact) mass is 477 g/mol. The van der Waals surface area contributed by atoms with E-state index in [0.29, 0.717) is 27.6 Å². The van der Waals surface area contributed by atoms with Crippen LogP contribution < -0.4 is 20.1 Å². The first kappa shape index (κ1) is 20.9. The number of methoxy groups -OCH3 is 1. The van der Waals surface area contributed by atoms with Gasteiger partial charge in [0.1, 0.15) is 11.6 Å². The fourth-order valence-corrected chi connectivity index (χ4v) is 3.42. The average Bonchev–Trinajstić information content (AvgIpc) is 2.66. The van der Waals surface area contributed by atoms with Gasteiger partial charge in [-0.05, 0) is 46.6 Å². The van der Waals surface area contributed by atoms with Crippen LogP contribution in [-0.4, -0.2) is 31.8 Å². The van der Waals surface area contributed by atoms with Gasteiger partial charge in [-0.25, -0.2) is 13.4 Å². The van der Waals surface area contributed by atoms with Crippen molar-refractivity contribution in [3.63, 3.8) is 0 Å². The number of hydrogen-bond acceptors (Lipinski definition) is 7. The van der Waals surface area contributed by atoms with Crippen molar-refractivity contribution in [1.82, 2.24) is 9.97 Å². The number of halogens is 1. The van der Waals surface area contributed by atoms with Gasteiger partial charge in [-0.15, -0.1) is 0 Å². The summed E-state index contributed by atoms with van der Waals surface area (Å²) in [6.45, 7) is 1.96. The molecule has 0 saturated carbocycles. The van der Waals surface area contributed by atoms with Crippen LogP contribution in [0.2, 0.25) is 0 Å². The molecule has 10 heteroatoms. The van der Waals surface area contributed by atoms with Crippen molar-refractivity contribution in [2.45, 2.75) is 6.92 Å². The summed E-state index contributed by atoms with van der Waals surface area (Å²) >= 11 is 3.42. The molecule has 0 unspecified atom stereocenters. The Labute approximate surface area is 177 Å². The molecule has 1 aromatic heterocycles. The summed E-state index contributed by atoms with van der Waals surface area (Å²) in [5.41, 5.74) is 2.77. The molecule has 0 radical (unpaired) electrons. The Morgan fingerprint density at radius 1 is 1.07 bits per heavy atom. The number of nitrogens with one attached hydrogen (secondary N) is 3. The molecule has 0 aliphatic carbocycles. The number of ether oxygens (including phenoxy) is 1. The van der Waals surface area contributed by atoms with Crippen LogP contribution in [0.3, 0.4) is 0 Å². The Balaban J connectivity index is 1.87. The first-order valence-electron chi connectivity index (χ1n) is 8.53. The fraction of sp³-hybridized carbons (Fsp3) is 0.158. The van der Waals surface area contributed by atoms with Gasteiger partial charge in [-0.1, -0.05) is 18.2 Å². The summed E-state index contributed by atoms with van der Waals surface area (Å²) in [4.78, 5) is 8.75. The summed E-state index contributed by atoms with van der Waals surface area (Å²) < 4.78 is 31.7. The normalized spacial score (nSPS) is 11.0. The molecular formula is C19H20BrN5O3S. The zero-order chi connectivity index (χ0) is 21.0. The van der Waals surface area contributed by atoms with Gasteiger partial charge < -0.3 is 15.4 Å². The Morgan fingerprint density at radius 2 is 1.79 bits per heavy atom. The number of aromatic nitrogens is 2. The van der Waals surface area contributed by atoms with Crippen LogP contribution in [0, 0.1) is 6.92 Å². The van der Waals surface area contributed by atoms with Gasteiger partial charge in [0.05, 0.1) is 29.2 Å². The summed E-state index contributed by atoms with van der Waals surface area (Å²) in [7, 11) is -1.80. The minimum atomic E-state index is -3.42. The van der Waals surface area contributed by atoms with E-state index in [2.05, 4.69) is 41.3 Å². The zero-order valence-corrected chi connectivity index (χ0v) is 18.4. The maximum absolute atomic E-state index is 11.6. The van der Waals surface area contributed by atoms with Crippen molar-refractivity contribution in [2.24, 2.45) is 0 Å². The molecule has 0 aliphatic rings. The van der Waals surface area contributed by atoms with Crippen LogP contribution in [0.15, 0.2) is 53.1 Å². The topological polar surface area (TPSA) is 105 Å². The van der Waals surface area contributed by atoms with Gasteiger partial charge >= 0.3 is 0 Å². The van der Waals surface area contributed by atoms with Crippen molar-refractivity contribution in [3.05, 3.63) is 58.7 Å². The molecule has 0 aliphatic heterocycles. The molecule has 2 aromatic carbocycles. The maximum atomic E-state index is 11.6. The van der Waals surface area contributed by atoms with Crippen LogP contribution in [0.1, 0.15) is 5.56 Å². The Kier molecular flexibility index (Phi) is 6.23. The minimum absolute atomic E-state index is 0.371. The molecule has 3 rings (SSSR count). The first-order valence-corrected chi connectivity index (χ1v) is 11.2. The van der Waals surface area contributed by atoms with Crippen LogP contribution in [0.4, 0.5) is 28.8 Å². The van der Waals surface area contributed by atoms with E-state index in [-0.39, 0.29) is 0 Å². The van der Waals surface area contributed by atoms with Crippen molar-refractivity contribution >= 4 is 54.8 Å². The highest BCUT2D eigenvalue weighted by molar-refractivity contribution is 9.10. The number of anilines is 5. The third-order valence-electron chi connectivity index (χ3n) is 3.88. The predicted molar refractivity (Wildman–Crippen MR) is 119 cm³/mol. The summed E-state index contributed by atoms with van der Waals surface area (Å²) in [6, 6.07) is 12.7. The second-order valence-electron chi connectivity index (χ2n) is 6.24. The van der Waals surface area contributed by atoms with Crippen molar-refractivity contribution in [3.8, 4) is 5.75 Å². The summed E-state index contributed by atoms with van der Waals surface area (Å²) in [5, 5.41) is 6.27. The molecule has 8 nitrogen and oxygen atoms in total. The van der Waals surface area contributed by atoms with Gasteiger partial charge in [0.2, 0.25) is 16.0 Å². The van der Waals surface area contributed by atoms with Crippen molar-refractivity contribution in [1.29, 1.82) is 0 Å². The largest absolute Gasteiger partial charge is 0.496 e. The standard InChI is InChI=1S/C19H20BrN5O3S/c1-12-8-9-13(10-17(12)28-2)22-19-21-11-14(20)18(24-19)23-15-6-4-5-7-16(15)25-29(3,26)27/h4-11,25H,1-3H3,(H2,21,22,23,24). The van der Waals surface area contributed by atoms with E-state index in [1.54, 1.807) is 37.6 Å². The fourth-order valence-electron chi connectivity index (χ4n) is 2.55. The quantitative estimate of drug-likeness (QED) is 0.462. The smallest absolute Gasteiger partial charge is 0.229 e. The second-order valence-corrected chi connectivity index (χ2v) is 8.85. The Bertz CT molecular complexity index is 1140. The highest BCUT2D eigenvalue weighted by Crippen LogP contribution is 2.30. The zero-order valence-electron chi connectivity index (χ0n) is 16.0. The molecule has 3 aromatic rings. The Hall–Kier alpha value is -2.85. The number of benzene rings is 2. The average molecular weight is 478 g/mol. The number of rotatable bonds is 7. The summed E-state index contributed by atoms with van der Waals surface area (Å²) in [5.74, 6) is 1.60. The van der Waals surface area contributed by atoms with E-state index >= 15 is 0 Å². The lowest BCUT2D eigenvalue weighted by Crippen LogP contribution is -2.11. The number of aryl methyl sites for hydroxylation is 1. The van der Waals surface area contributed by atoms with E-state index in [1.807, 2.05) is 25.1 Å². The van der Waals surface area contributed by atoms with Crippen LogP contribution in [0.25, 0.3) is 0 Å². The molecule has 3 N–H and O–H groups in total. The first-order chi connectivity index (χ1) is 13.7. The van der Waals surface area contributed by atoms with Crippen LogP contribution >= 0.6 is 15.9 Å². The summed E-state index contributed by atoms with van der Waals surface area (Å²) in [6.07, 6.45) is 2.71. The van der Waals surface area contributed by atoms with Gasteiger partial charge in [0.15, 0.2) is 0 Å². The predicted octanol–water partition coefficient (Wildman–Crippen LogP) is 4.41. The van der Waals surface area contributed by atoms with E-state index in [4.69, 9.17) is 4.74 Å². The van der Waals surface area contributed by atoms with E-state index in [0.717, 1.165) is 23.3 Å². The Morgan fingerprint density at radius 3 is 2.48 bits per heavy atom. The SMILES string of the molecule is COc1cc(Nc2ncc(Br)c(Nc3ccccc3NS(C)(=O)=O)n2)ccc1C. The van der Waals surface area contributed by atoms with Crippen molar-refractivity contribution in [2.75, 3.05) is 28.7 Å². The number of sulfonamides is 1. The lowest BCUT2D eigenvalue weighted by atomic mass is 10.2. The van der Waals surface area contributed by atoms with E-state index in [9.17, 15) is 8.42 Å². The molecule has 152 valence electrons. The molecule has 0 spiro atoms. The second kappa shape index (κ2) is 8.66. The van der Waals surface area contributed by atoms with E-state index in [1.165, 1.54) is 0 Å². The molecule has 0 fully saturated rings. The van der Waals surface area contributed by atoms with Gasteiger partial charge in [0.25, 0.3) is 0 Å². The molecule has 0 atom stereocenters. The van der Waals surface area contributed by atoms with Gasteiger partial charge in [-0.2, -0.15) is 4.98 Å². The highest BCUT2D eigenvalue weighted by atomic mass is 79.9. The molecular weight excluding hydrogens is 458 g/mol.